The molecule has 4 nitrogen and oxygen atoms in total. The van der Waals surface area contributed by atoms with Gasteiger partial charge in [0.2, 0.25) is 11.8 Å². The van der Waals surface area contributed by atoms with Crippen molar-refractivity contribution in [3.8, 4) is 5.88 Å². The normalized spacial score (nSPS) is 10.6. The van der Waals surface area contributed by atoms with Crippen molar-refractivity contribution >= 4 is 5.95 Å². The fourth-order valence-corrected chi connectivity index (χ4v) is 1.37. The Morgan fingerprint density at radius 3 is 2.76 bits per heavy atom. The molecule has 1 aromatic heterocycles. The van der Waals surface area contributed by atoms with E-state index < -0.39 is 0 Å². The molecule has 0 aliphatic heterocycles. The summed E-state index contributed by atoms with van der Waals surface area (Å²) in [5, 5.41) is 3.23. The summed E-state index contributed by atoms with van der Waals surface area (Å²) >= 11 is 0. The molecular formula is C13H23N3O. The molecule has 0 atom stereocenters. The molecule has 0 fully saturated rings. The molecule has 0 saturated carbocycles. The summed E-state index contributed by atoms with van der Waals surface area (Å²) in [6.07, 6.45) is 2.10. The molecule has 1 heterocycles. The third-order valence-corrected chi connectivity index (χ3v) is 2.29. The van der Waals surface area contributed by atoms with Crippen molar-refractivity contribution in [1.29, 1.82) is 0 Å². The summed E-state index contributed by atoms with van der Waals surface area (Å²) in [6.45, 7) is 10.0. The number of anilines is 1. The highest BCUT2D eigenvalue weighted by atomic mass is 16.5. The fourth-order valence-electron chi connectivity index (χ4n) is 1.37. The van der Waals surface area contributed by atoms with E-state index in [0.717, 1.165) is 25.1 Å². The van der Waals surface area contributed by atoms with Crippen molar-refractivity contribution in [1.82, 2.24) is 9.97 Å². The standard InChI is InChI=1S/C13H23N3O/c1-5-8-17-12-9-11(4)15-13(16-12)14-7-6-10(2)3/h9-10H,5-8H2,1-4H3,(H,14,15,16). The van der Waals surface area contributed by atoms with Crippen LogP contribution in [0.3, 0.4) is 0 Å². The summed E-state index contributed by atoms with van der Waals surface area (Å²) < 4.78 is 5.51. The Labute approximate surface area is 104 Å². The minimum atomic E-state index is 0.659. The van der Waals surface area contributed by atoms with Crippen LogP contribution in [0.25, 0.3) is 0 Å². The third-order valence-electron chi connectivity index (χ3n) is 2.29. The van der Waals surface area contributed by atoms with Gasteiger partial charge in [-0.25, -0.2) is 4.98 Å². The van der Waals surface area contributed by atoms with Crippen LogP contribution in [0.1, 0.15) is 39.3 Å². The maximum Gasteiger partial charge on any atom is 0.226 e. The van der Waals surface area contributed by atoms with Crippen LogP contribution in [0.2, 0.25) is 0 Å². The lowest BCUT2D eigenvalue weighted by Crippen LogP contribution is -2.09. The molecular weight excluding hydrogens is 214 g/mol. The number of aryl methyl sites for hydroxylation is 1. The summed E-state index contributed by atoms with van der Waals surface area (Å²) in [4.78, 5) is 8.66. The van der Waals surface area contributed by atoms with E-state index in [1.807, 2.05) is 13.0 Å². The Bertz CT molecular complexity index is 339. The first-order valence-electron chi connectivity index (χ1n) is 6.34. The predicted molar refractivity (Wildman–Crippen MR) is 70.5 cm³/mol. The van der Waals surface area contributed by atoms with Crippen molar-refractivity contribution in [3.63, 3.8) is 0 Å². The van der Waals surface area contributed by atoms with Crippen molar-refractivity contribution < 1.29 is 4.74 Å². The van der Waals surface area contributed by atoms with Crippen molar-refractivity contribution in [2.24, 2.45) is 5.92 Å². The van der Waals surface area contributed by atoms with Gasteiger partial charge in [-0.2, -0.15) is 4.98 Å². The van der Waals surface area contributed by atoms with Crippen LogP contribution >= 0.6 is 0 Å². The monoisotopic (exact) mass is 237 g/mol. The number of hydrogen-bond donors (Lipinski definition) is 1. The number of nitrogens with zero attached hydrogens (tertiary/aromatic N) is 2. The molecule has 1 aromatic rings. The highest BCUT2D eigenvalue weighted by Crippen LogP contribution is 2.12. The van der Waals surface area contributed by atoms with Gasteiger partial charge in [-0.3, -0.25) is 0 Å². The smallest absolute Gasteiger partial charge is 0.226 e. The Kier molecular flexibility index (Phi) is 5.73. The zero-order chi connectivity index (χ0) is 12.7. The van der Waals surface area contributed by atoms with Gasteiger partial charge in [0.05, 0.1) is 6.61 Å². The Hall–Kier alpha value is -1.32. The van der Waals surface area contributed by atoms with Crippen molar-refractivity contribution in [2.45, 2.75) is 40.5 Å². The Morgan fingerprint density at radius 1 is 1.35 bits per heavy atom. The Balaban J connectivity index is 2.55. The maximum atomic E-state index is 5.51. The molecule has 0 spiro atoms. The largest absolute Gasteiger partial charge is 0.478 e. The molecule has 0 saturated heterocycles. The topological polar surface area (TPSA) is 47.0 Å². The van der Waals surface area contributed by atoms with E-state index in [1.54, 1.807) is 0 Å². The number of ether oxygens (including phenoxy) is 1. The van der Waals surface area contributed by atoms with Gasteiger partial charge < -0.3 is 10.1 Å². The fraction of sp³-hybridized carbons (Fsp3) is 0.692. The molecule has 0 unspecified atom stereocenters. The molecule has 1 rings (SSSR count). The number of aromatic nitrogens is 2. The third kappa shape index (κ3) is 5.52. The predicted octanol–water partition coefficient (Wildman–Crippen LogP) is 3.03. The van der Waals surface area contributed by atoms with E-state index in [0.29, 0.717) is 24.4 Å². The minimum absolute atomic E-state index is 0.659. The van der Waals surface area contributed by atoms with Gasteiger partial charge in [-0.1, -0.05) is 20.8 Å². The van der Waals surface area contributed by atoms with Gasteiger partial charge in [-0.05, 0) is 25.7 Å². The molecule has 0 aliphatic carbocycles. The summed E-state index contributed by atoms with van der Waals surface area (Å²) in [5.74, 6) is 2.01. The molecule has 0 aliphatic rings. The zero-order valence-corrected chi connectivity index (χ0v) is 11.3. The van der Waals surface area contributed by atoms with E-state index in [1.165, 1.54) is 0 Å². The van der Waals surface area contributed by atoms with E-state index in [-0.39, 0.29) is 0 Å². The van der Waals surface area contributed by atoms with Crippen LogP contribution in [0.4, 0.5) is 5.95 Å². The minimum Gasteiger partial charge on any atom is -0.478 e. The maximum absolute atomic E-state index is 5.51. The zero-order valence-electron chi connectivity index (χ0n) is 11.3. The second kappa shape index (κ2) is 7.09. The number of rotatable bonds is 7. The quantitative estimate of drug-likeness (QED) is 0.792. The first kappa shape index (κ1) is 13.7. The molecule has 0 aromatic carbocycles. The summed E-state index contributed by atoms with van der Waals surface area (Å²) in [7, 11) is 0. The van der Waals surface area contributed by atoms with E-state index in [9.17, 15) is 0 Å². The van der Waals surface area contributed by atoms with Gasteiger partial charge in [0.15, 0.2) is 0 Å². The van der Waals surface area contributed by atoms with Gasteiger partial charge >= 0.3 is 0 Å². The molecule has 4 heteroatoms. The van der Waals surface area contributed by atoms with Gasteiger partial charge in [-0.15, -0.1) is 0 Å². The molecule has 1 N–H and O–H groups in total. The second-order valence-electron chi connectivity index (χ2n) is 4.63. The average Bonchev–Trinajstić information content (AvgIpc) is 2.25. The van der Waals surface area contributed by atoms with Crippen LogP contribution in [0, 0.1) is 12.8 Å². The Morgan fingerprint density at radius 2 is 2.12 bits per heavy atom. The molecule has 0 radical (unpaired) electrons. The van der Waals surface area contributed by atoms with E-state index in [2.05, 4.69) is 36.1 Å². The first-order valence-corrected chi connectivity index (χ1v) is 6.34. The summed E-state index contributed by atoms with van der Waals surface area (Å²) in [6, 6.07) is 1.86. The lowest BCUT2D eigenvalue weighted by molar-refractivity contribution is 0.305. The lowest BCUT2D eigenvalue weighted by atomic mass is 10.1. The molecule has 96 valence electrons. The van der Waals surface area contributed by atoms with Crippen LogP contribution in [0.15, 0.2) is 6.07 Å². The molecule has 0 bridgehead atoms. The SMILES string of the molecule is CCCOc1cc(C)nc(NCCC(C)C)n1. The summed E-state index contributed by atoms with van der Waals surface area (Å²) in [5.41, 5.74) is 0.929. The van der Waals surface area contributed by atoms with Crippen LogP contribution in [0.5, 0.6) is 5.88 Å². The average molecular weight is 237 g/mol. The van der Waals surface area contributed by atoms with Crippen LogP contribution in [-0.2, 0) is 0 Å². The van der Waals surface area contributed by atoms with E-state index >= 15 is 0 Å². The van der Waals surface area contributed by atoms with Crippen LogP contribution < -0.4 is 10.1 Å². The highest BCUT2D eigenvalue weighted by Gasteiger charge is 2.03. The van der Waals surface area contributed by atoms with Crippen molar-refractivity contribution in [2.75, 3.05) is 18.5 Å². The van der Waals surface area contributed by atoms with Gasteiger partial charge in [0.25, 0.3) is 0 Å². The van der Waals surface area contributed by atoms with Gasteiger partial charge in [0, 0.05) is 18.3 Å². The van der Waals surface area contributed by atoms with Crippen molar-refractivity contribution in [3.05, 3.63) is 11.8 Å². The van der Waals surface area contributed by atoms with E-state index in [4.69, 9.17) is 4.74 Å². The van der Waals surface area contributed by atoms with Gasteiger partial charge in [0.1, 0.15) is 0 Å². The first-order chi connectivity index (χ1) is 8.11. The second-order valence-corrected chi connectivity index (χ2v) is 4.63. The number of hydrogen-bond acceptors (Lipinski definition) is 4. The number of nitrogens with one attached hydrogen (secondary N) is 1. The lowest BCUT2D eigenvalue weighted by Gasteiger charge is -2.09. The highest BCUT2D eigenvalue weighted by molar-refractivity contribution is 5.30. The van der Waals surface area contributed by atoms with Crippen LogP contribution in [-0.4, -0.2) is 23.1 Å². The molecule has 0 amide bonds. The molecule has 17 heavy (non-hydrogen) atoms.